The maximum atomic E-state index is 13.1. The summed E-state index contributed by atoms with van der Waals surface area (Å²) < 4.78 is 5.19. The third kappa shape index (κ3) is 4.65. The monoisotopic (exact) mass is 471 g/mol. The van der Waals surface area contributed by atoms with Crippen molar-refractivity contribution in [1.82, 2.24) is 4.90 Å². The van der Waals surface area contributed by atoms with Gasteiger partial charge in [0.05, 0.1) is 17.7 Å². The number of hydrogen-bond acceptors (Lipinski definition) is 5. The van der Waals surface area contributed by atoms with E-state index in [0.717, 1.165) is 29.3 Å². The van der Waals surface area contributed by atoms with Gasteiger partial charge in [0.1, 0.15) is 5.75 Å². The zero-order valence-corrected chi connectivity index (χ0v) is 19.7. The number of hydrogen-bond donors (Lipinski definition) is 1. The average molecular weight is 472 g/mol. The first-order chi connectivity index (χ1) is 16.6. The Bertz CT molecular complexity index is 1230. The molecule has 6 nitrogen and oxygen atoms in total. The first kappa shape index (κ1) is 22.1. The number of fused-ring (bicyclic) bond motifs is 1. The lowest BCUT2D eigenvalue weighted by Gasteiger charge is -2.36. The van der Waals surface area contributed by atoms with Crippen molar-refractivity contribution in [2.45, 2.75) is 4.90 Å². The summed E-state index contributed by atoms with van der Waals surface area (Å²) >= 11 is 1.41. The SMILES string of the molecule is COc1ccc(C=C2Sc3ccc(C(=O)N4CCN(c5ccccc5)CC4)cc3NC2=O)cc1. The molecule has 7 heteroatoms. The smallest absolute Gasteiger partial charge is 0.262 e. The summed E-state index contributed by atoms with van der Waals surface area (Å²) in [5.74, 6) is 0.593. The summed E-state index contributed by atoms with van der Waals surface area (Å²) in [5.41, 5.74) is 3.37. The van der Waals surface area contributed by atoms with Crippen LogP contribution in [0, 0.1) is 0 Å². The molecule has 0 radical (unpaired) electrons. The molecule has 5 rings (SSSR count). The largest absolute Gasteiger partial charge is 0.497 e. The van der Waals surface area contributed by atoms with E-state index in [4.69, 9.17) is 4.74 Å². The van der Waals surface area contributed by atoms with Crippen LogP contribution in [0.1, 0.15) is 15.9 Å². The highest BCUT2D eigenvalue weighted by Gasteiger charge is 2.25. The number of benzene rings is 3. The summed E-state index contributed by atoms with van der Waals surface area (Å²) in [6.07, 6.45) is 1.85. The summed E-state index contributed by atoms with van der Waals surface area (Å²) in [7, 11) is 1.62. The van der Waals surface area contributed by atoms with Gasteiger partial charge < -0.3 is 19.9 Å². The number of nitrogens with zero attached hydrogens (tertiary/aromatic N) is 2. The van der Waals surface area contributed by atoms with Crippen molar-refractivity contribution in [3.8, 4) is 5.75 Å². The topological polar surface area (TPSA) is 61.9 Å². The highest BCUT2D eigenvalue weighted by atomic mass is 32.2. The quantitative estimate of drug-likeness (QED) is 0.557. The van der Waals surface area contributed by atoms with Crippen LogP contribution in [-0.2, 0) is 4.79 Å². The van der Waals surface area contributed by atoms with E-state index in [1.807, 2.05) is 65.6 Å². The van der Waals surface area contributed by atoms with Gasteiger partial charge in [-0.3, -0.25) is 9.59 Å². The minimum absolute atomic E-state index is 0.00525. The Kier molecular flexibility index (Phi) is 6.27. The van der Waals surface area contributed by atoms with Gasteiger partial charge in [-0.25, -0.2) is 0 Å². The average Bonchev–Trinajstić information content (AvgIpc) is 2.89. The predicted octanol–water partition coefficient (Wildman–Crippen LogP) is 4.74. The second kappa shape index (κ2) is 9.65. The van der Waals surface area contributed by atoms with E-state index in [0.29, 0.717) is 29.2 Å². The number of piperazine rings is 1. The van der Waals surface area contributed by atoms with Gasteiger partial charge in [-0.05, 0) is 54.1 Å². The van der Waals surface area contributed by atoms with Crippen LogP contribution in [0.15, 0.2) is 82.6 Å². The van der Waals surface area contributed by atoms with Crippen molar-refractivity contribution in [1.29, 1.82) is 0 Å². The molecule has 2 amide bonds. The minimum atomic E-state index is -0.172. The van der Waals surface area contributed by atoms with E-state index in [1.54, 1.807) is 13.2 Å². The molecule has 1 saturated heterocycles. The fraction of sp³-hybridized carbons (Fsp3) is 0.185. The number of methoxy groups -OCH3 is 1. The molecule has 0 bridgehead atoms. The molecule has 0 saturated carbocycles. The van der Waals surface area contributed by atoms with E-state index in [-0.39, 0.29) is 11.8 Å². The maximum Gasteiger partial charge on any atom is 0.262 e. The molecule has 1 N–H and O–H groups in total. The number of carbonyl (C=O) groups excluding carboxylic acids is 2. The van der Waals surface area contributed by atoms with Gasteiger partial charge >= 0.3 is 0 Å². The van der Waals surface area contributed by atoms with Crippen LogP contribution in [0.5, 0.6) is 5.75 Å². The maximum absolute atomic E-state index is 13.1. The van der Waals surface area contributed by atoms with E-state index >= 15 is 0 Å². The summed E-state index contributed by atoms with van der Waals surface area (Å²) in [6, 6.07) is 23.4. The van der Waals surface area contributed by atoms with Crippen LogP contribution >= 0.6 is 11.8 Å². The highest BCUT2D eigenvalue weighted by Crippen LogP contribution is 2.39. The summed E-state index contributed by atoms with van der Waals surface area (Å²) in [6.45, 7) is 2.93. The molecule has 2 heterocycles. The standard InChI is InChI=1S/C27H25N3O3S/c1-33-22-10-7-19(8-11-22)17-25-26(31)28-23-18-20(9-12-24(23)34-25)27(32)30-15-13-29(14-16-30)21-5-3-2-4-6-21/h2-12,17-18H,13-16H2,1H3,(H,28,31). The second-order valence-corrected chi connectivity index (χ2v) is 9.25. The van der Waals surface area contributed by atoms with E-state index in [9.17, 15) is 9.59 Å². The number of nitrogens with one attached hydrogen (secondary N) is 1. The molecule has 3 aromatic carbocycles. The summed E-state index contributed by atoms with van der Waals surface area (Å²) in [5, 5.41) is 2.95. The van der Waals surface area contributed by atoms with Crippen molar-refractivity contribution < 1.29 is 14.3 Å². The Morgan fingerprint density at radius 1 is 0.971 bits per heavy atom. The van der Waals surface area contributed by atoms with Crippen LogP contribution < -0.4 is 15.0 Å². The first-order valence-corrected chi connectivity index (χ1v) is 12.0. The van der Waals surface area contributed by atoms with E-state index < -0.39 is 0 Å². The van der Waals surface area contributed by atoms with Crippen molar-refractivity contribution in [3.63, 3.8) is 0 Å². The molecule has 172 valence electrons. The van der Waals surface area contributed by atoms with Crippen LogP contribution in [0.4, 0.5) is 11.4 Å². The number of para-hydroxylation sites is 1. The third-order valence-corrected chi connectivity index (χ3v) is 7.12. The Morgan fingerprint density at radius 3 is 2.41 bits per heavy atom. The Hall–Kier alpha value is -3.71. The number of amides is 2. The second-order valence-electron chi connectivity index (χ2n) is 8.16. The Morgan fingerprint density at radius 2 is 1.71 bits per heavy atom. The minimum Gasteiger partial charge on any atom is -0.497 e. The van der Waals surface area contributed by atoms with Crippen LogP contribution in [0.25, 0.3) is 6.08 Å². The summed E-state index contributed by atoms with van der Waals surface area (Å²) in [4.78, 5) is 31.6. The highest BCUT2D eigenvalue weighted by molar-refractivity contribution is 8.04. The number of rotatable bonds is 4. The molecule has 1 fully saturated rings. The lowest BCUT2D eigenvalue weighted by atomic mass is 10.1. The van der Waals surface area contributed by atoms with E-state index in [2.05, 4.69) is 22.3 Å². The Balaban J connectivity index is 1.27. The molecule has 0 aromatic heterocycles. The fourth-order valence-electron chi connectivity index (χ4n) is 4.13. The molecular formula is C27H25N3O3S. The normalized spacial score (nSPS) is 16.7. The first-order valence-electron chi connectivity index (χ1n) is 11.2. The van der Waals surface area contributed by atoms with Gasteiger partial charge in [-0.1, -0.05) is 42.1 Å². The number of anilines is 2. The zero-order chi connectivity index (χ0) is 23.5. The van der Waals surface area contributed by atoms with Gasteiger partial charge in [0, 0.05) is 42.3 Å². The Labute approximate surface area is 203 Å². The molecular weight excluding hydrogens is 446 g/mol. The van der Waals surface area contributed by atoms with Crippen LogP contribution in [-0.4, -0.2) is 50.0 Å². The molecule has 0 atom stereocenters. The van der Waals surface area contributed by atoms with Gasteiger partial charge in [0.15, 0.2) is 0 Å². The molecule has 0 spiro atoms. The molecule has 2 aliphatic rings. The third-order valence-electron chi connectivity index (χ3n) is 6.02. The van der Waals surface area contributed by atoms with Gasteiger partial charge in [-0.15, -0.1) is 0 Å². The molecule has 2 aliphatic heterocycles. The van der Waals surface area contributed by atoms with E-state index in [1.165, 1.54) is 17.4 Å². The van der Waals surface area contributed by atoms with Gasteiger partial charge in [0.2, 0.25) is 0 Å². The van der Waals surface area contributed by atoms with Crippen LogP contribution in [0.2, 0.25) is 0 Å². The molecule has 0 unspecified atom stereocenters. The lowest BCUT2D eigenvalue weighted by Crippen LogP contribution is -2.48. The lowest BCUT2D eigenvalue weighted by molar-refractivity contribution is -0.112. The fourth-order valence-corrected chi connectivity index (χ4v) is 5.07. The predicted molar refractivity (Wildman–Crippen MR) is 136 cm³/mol. The zero-order valence-electron chi connectivity index (χ0n) is 18.9. The number of carbonyl (C=O) groups is 2. The molecule has 34 heavy (non-hydrogen) atoms. The van der Waals surface area contributed by atoms with Gasteiger partial charge in [-0.2, -0.15) is 0 Å². The van der Waals surface area contributed by atoms with Crippen molar-refractivity contribution in [2.75, 3.05) is 43.5 Å². The number of thioether (sulfide) groups is 1. The number of ether oxygens (including phenoxy) is 1. The molecule has 0 aliphatic carbocycles. The van der Waals surface area contributed by atoms with Crippen molar-refractivity contribution in [3.05, 3.63) is 88.8 Å². The van der Waals surface area contributed by atoms with Crippen molar-refractivity contribution in [2.24, 2.45) is 0 Å². The van der Waals surface area contributed by atoms with Gasteiger partial charge in [0.25, 0.3) is 11.8 Å². The molecule has 3 aromatic rings. The van der Waals surface area contributed by atoms with Crippen molar-refractivity contribution >= 4 is 41.0 Å². The van der Waals surface area contributed by atoms with Crippen LogP contribution in [0.3, 0.4) is 0 Å².